The van der Waals surface area contributed by atoms with E-state index in [4.69, 9.17) is 10.2 Å². The van der Waals surface area contributed by atoms with Gasteiger partial charge in [-0.25, -0.2) is 9.59 Å². The second kappa shape index (κ2) is 4.76. The Morgan fingerprint density at radius 3 is 2.11 bits per heavy atom. The molecule has 0 aliphatic carbocycles. The average Bonchev–Trinajstić information content (AvgIpc) is 2.25. The third-order valence-corrected chi connectivity index (χ3v) is 2.64. The first-order valence-corrected chi connectivity index (χ1v) is 5.69. The number of pyridine rings is 1. The predicted molar refractivity (Wildman–Crippen MR) is 66.2 cm³/mol. The van der Waals surface area contributed by atoms with Crippen LogP contribution in [0.15, 0.2) is 6.07 Å². The van der Waals surface area contributed by atoms with Gasteiger partial charge in [0.15, 0.2) is 0 Å². The van der Waals surface area contributed by atoms with Gasteiger partial charge in [0.25, 0.3) is 0 Å². The lowest BCUT2D eigenvalue weighted by Crippen LogP contribution is -2.20. The molecule has 5 heteroatoms. The Kier molecular flexibility index (Phi) is 3.74. The summed E-state index contributed by atoms with van der Waals surface area (Å²) in [6, 6.07) is 1.35. The van der Waals surface area contributed by atoms with Crippen LogP contribution in [0.3, 0.4) is 0 Å². The van der Waals surface area contributed by atoms with Crippen molar-refractivity contribution in [3.63, 3.8) is 0 Å². The van der Waals surface area contributed by atoms with Crippen LogP contribution < -0.4 is 0 Å². The molecule has 0 spiro atoms. The van der Waals surface area contributed by atoms with E-state index in [-0.39, 0.29) is 16.5 Å². The van der Waals surface area contributed by atoms with Gasteiger partial charge in [-0.2, -0.15) is 0 Å². The number of aryl methyl sites for hydroxylation is 1. The largest absolute Gasteiger partial charge is 0.478 e. The van der Waals surface area contributed by atoms with Crippen LogP contribution in [0.1, 0.15) is 59.8 Å². The van der Waals surface area contributed by atoms with Crippen molar-refractivity contribution in [2.45, 2.75) is 39.5 Å². The smallest absolute Gasteiger partial charge is 0.338 e. The summed E-state index contributed by atoms with van der Waals surface area (Å²) in [5, 5.41) is 18.3. The second-order valence-electron chi connectivity index (χ2n) is 5.09. The maximum atomic E-state index is 11.2. The molecule has 98 valence electrons. The molecule has 0 unspecified atom stereocenters. The van der Waals surface area contributed by atoms with Crippen LogP contribution in [-0.4, -0.2) is 27.1 Å². The molecule has 1 heterocycles. The van der Waals surface area contributed by atoms with Gasteiger partial charge in [0.05, 0.1) is 16.8 Å². The summed E-state index contributed by atoms with van der Waals surface area (Å²) < 4.78 is 0. The molecule has 0 aliphatic heterocycles. The first-order chi connectivity index (χ1) is 8.18. The fourth-order valence-corrected chi connectivity index (χ4v) is 1.65. The minimum absolute atomic E-state index is 0.195. The van der Waals surface area contributed by atoms with Crippen molar-refractivity contribution in [1.82, 2.24) is 4.98 Å². The predicted octanol–water partition coefficient (Wildman–Crippen LogP) is 2.34. The summed E-state index contributed by atoms with van der Waals surface area (Å²) in [4.78, 5) is 26.6. The van der Waals surface area contributed by atoms with Gasteiger partial charge in [0.1, 0.15) is 0 Å². The zero-order valence-corrected chi connectivity index (χ0v) is 10.9. The van der Waals surface area contributed by atoms with Crippen molar-refractivity contribution in [3.05, 3.63) is 28.6 Å². The van der Waals surface area contributed by atoms with Crippen molar-refractivity contribution in [3.8, 4) is 0 Å². The minimum Gasteiger partial charge on any atom is -0.478 e. The molecule has 0 atom stereocenters. The van der Waals surface area contributed by atoms with Crippen molar-refractivity contribution in [2.24, 2.45) is 0 Å². The van der Waals surface area contributed by atoms with Gasteiger partial charge in [-0.05, 0) is 12.5 Å². The van der Waals surface area contributed by atoms with Gasteiger partial charge in [-0.1, -0.05) is 27.7 Å². The normalized spacial score (nSPS) is 11.3. The molecular formula is C13H17NO4. The van der Waals surface area contributed by atoms with E-state index in [0.29, 0.717) is 17.8 Å². The third kappa shape index (κ3) is 2.67. The standard InChI is InChI=1S/C13H17NO4/c1-5-8-10(12(17)18)7(11(15)16)6-9(14-8)13(2,3)4/h6H,5H2,1-4H3,(H,15,16)(H,17,18). The summed E-state index contributed by atoms with van der Waals surface area (Å²) >= 11 is 0. The lowest BCUT2D eigenvalue weighted by atomic mass is 9.89. The monoisotopic (exact) mass is 251 g/mol. The Bertz CT molecular complexity index is 500. The summed E-state index contributed by atoms with van der Waals surface area (Å²) in [5.74, 6) is -2.49. The Hall–Kier alpha value is -1.91. The molecule has 0 saturated heterocycles. The Morgan fingerprint density at radius 1 is 1.22 bits per heavy atom. The SMILES string of the molecule is CCc1nc(C(C)(C)C)cc(C(=O)O)c1C(=O)O. The van der Waals surface area contributed by atoms with Crippen LogP contribution in [0.5, 0.6) is 0 Å². The topological polar surface area (TPSA) is 87.5 Å². The molecule has 1 aromatic heterocycles. The van der Waals surface area contributed by atoms with Crippen LogP contribution in [0.25, 0.3) is 0 Å². The van der Waals surface area contributed by atoms with Crippen LogP contribution in [0.4, 0.5) is 0 Å². The number of aromatic carboxylic acids is 2. The van der Waals surface area contributed by atoms with Crippen molar-refractivity contribution in [2.75, 3.05) is 0 Å². The lowest BCUT2D eigenvalue weighted by Gasteiger charge is -2.20. The zero-order valence-electron chi connectivity index (χ0n) is 10.9. The van der Waals surface area contributed by atoms with Crippen LogP contribution in [0, 0.1) is 0 Å². The number of carbonyl (C=O) groups is 2. The van der Waals surface area contributed by atoms with Gasteiger partial charge in [0, 0.05) is 11.1 Å². The number of aromatic nitrogens is 1. The fourth-order valence-electron chi connectivity index (χ4n) is 1.65. The maximum absolute atomic E-state index is 11.2. The number of hydrogen-bond donors (Lipinski definition) is 2. The van der Waals surface area contributed by atoms with Crippen molar-refractivity contribution >= 4 is 11.9 Å². The maximum Gasteiger partial charge on any atom is 0.338 e. The van der Waals surface area contributed by atoms with E-state index in [9.17, 15) is 9.59 Å². The highest BCUT2D eigenvalue weighted by Gasteiger charge is 2.25. The van der Waals surface area contributed by atoms with Crippen LogP contribution in [0.2, 0.25) is 0 Å². The van der Waals surface area contributed by atoms with E-state index < -0.39 is 11.9 Å². The zero-order chi connectivity index (χ0) is 14.1. The molecular weight excluding hydrogens is 234 g/mol. The quantitative estimate of drug-likeness (QED) is 0.860. The number of nitrogens with zero attached hydrogens (tertiary/aromatic N) is 1. The van der Waals surface area contributed by atoms with E-state index in [2.05, 4.69) is 4.98 Å². The van der Waals surface area contributed by atoms with E-state index in [1.807, 2.05) is 20.8 Å². The lowest BCUT2D eigenvalue weighted by molar-refractivity contribution is 0.0649. The summed E-state index contributed by atoms with van der Waals surface area (Å²) in [5.41, 5.74) is 0.164. The molecule has 1 rings (SSSR count). The third-order valence-electron chi connectivity index (χ3n) is 2.64. The Labute approximate surface area is 105 Å². The van der Waals surface area contributed by atoms with Crippen LogP contribution in [-0.2, 0) is 11.8 Å². The van der Waals surface area contributed by atoms with Gasteiger partial charge in [-0.3, -0.25) is 4.98 Å². The molecule has 0 bridgehead atoms. The summed E-state index contributed by atoms with van der Waals surface area (Å²) in [7, 11) is 0. The highest BCUT2D eigenvalue weighted by atomic mass is 16.4. The molecule has 1 aromatic rings. The van der Waals surface area contributed by atoms with Gasteiger partial charge in [-0.15, -0.1) is 0 Å². The summed E-state index contributed by atoms with van der Waals surface area (Å²) in [6.45, 7) is 7.47. The van der Waals surface area contributed by atoms with E-state index in [1.165, 1.54) is 6.07 Å². The molecule has 18 heavy (non-hydrogen) atoms. The molecule has 0 fully saturated rings. The van der Waals surface area contributed by atoms with E-state index >= 15 is 0 Å². The first-order valence-electron chi connectivity index (χ1n) is 5.69. The number of rotatable bonds is 3. The molecule has 0 aromatic carbocycles. The van der Waals surface area contributed by atoms with Crippen molar-refractivity contribution in [1.29, 1.82) is 0 Å². The first kappa shape index (κ1) is 14.2. The van der Waals surface area contributed by atoms with Crippen molar-refractivity contribution < 1.29 is 19.8 Å². The number of carboxylic acids is 2. The Morgan fingerprint density at radius 2 is 1.78 bits per heavy atom. The van der Waals surface area contributed by atoms with Gasteiger partial charge >= 0.3 is 11.9 Å². The van der Waals surface area contributed by atoms with E-state index in [1.54, 1.807) is 6.92 Å². The molecule has 0 amide bonds. The molecule has 0 aliphatic rings. The minimum atomic E-state index is -1.25. The second-order valence-corrected chi connectivity index (χ2v) is 5.09. The number of hydrogen-bond acceptors (Lipinski definition) is 3. The highest BCUT2D eigenvalue weighted by molar-refractivity contribution is 6.02. The van der Waals surface area contributed by atoms with E-state index in [0.717, 1.165) is 0 Å². The molecule has 2 N–H and O–H groups in total. The molecule has 0 radical (unpaired) electrons. The van der Waals surface area contributed by atoms with Crippen LogP contribution >= 0.6 is 0 Å². The number of carboxylic acid groups (broad SMARTS) is 2. The molecule has 0 saturated carbocycles. The Balaban J connectivity index is 3.64. The van der Waals surface area contributed by atoms with Gasteiger partial charge < -0.3 is 10.2 Å². The van der Waals surface area contributed by atoms with Gasteiger partial charge in [0.2, 0.25) is 0 Å². The average molecular weight is 251 g/mol. The fraction of sp³-hybridized carbons (Fsp3) is 0.462. The summed E-state index contributed by atoms with van der Waals surface area (Å²) in [6.07, 6.45) is 0.381. The molecule has 5 nitrogen and oxygen atoms in total. The highest BCUT2D eigenvalue weighted by Crippen LogP contribution is 2.25.